The molecule has 0 radical (unpaired) electrons. The van der Waals surface area contributed by atoms with Gasteiger partial charge < -0.3 is 31.2 Å². The SMILES string of the molecule is C=CC(=O)N1CCC(c2[nH]c(N)c(/C=C(\N)c3ccccc3O)c2CCOCC)C1. The second-order valence-electron chi connectivity index (χ2n) is 7.38. The predicted molar refractivity (Wildman–Crippen MR) is 120 cm³/mol. The van der Waals surface area contributed by atoms with Crippen LogP contribution in [0.15, 0.2) is 36.9 Å². The lowest BCUT2D eigenvalue weighted by Crippen LogP contribution is -2.26. The van der Waals surface area contributed by atoms with Gasteiger partial charge in [-0.15, -0.1) is 0 Å². The van der Waals surface area contributed by atoms with E-state index in [0.717, 1.165) is 23.2 Å². The van der Waals surface area contributed by atoms with Gasteiger partial charge >= 0.3 is 0 Å². The fourth-order valence-electron chi connectivity index (χ4n) is 3.97. The Hall–Kier alpha value is -3.19. The number of hydrogen-bond acceptors (Lipinski definition) is 5. The van der Waals surface area contributed by atoms with E-state index in [2.05, 4.69) is 11.6 Å². The lowest BCUT2D eigenvalue weighted by Gasteiger charge is -2.15. The first-order valence-electron chi connectivity index (χ1n) is 10.2. The molecule has 1 amide bonds. The largest absolute Gasteiger partial charge is 0.507 e. The molecule has 1 saturated heterocycles. The molecule has 1 unspecified atom stereocenters. The number of phenolic OH excluding ortho intramolecular Hbond substituents is 1. The lowest BCUT2D eigenvalue weighted by atomic mass is 9.96. The maximum Gasteiger partial charge on any atom is 0.245 e. The molecule has 2 heterocycles. The minimum absolute atomic E-state index is 0.0585. The molecule has 1 aromatic heterocycles. The van der Waals surface area contributed by atoms with Gasteiger partial charge in [0.05, 0.1) is 6.61 Å². The molecule has 160 valence electrons. The van der Waals surface area contributed by atoms with Gasteiger partial charge in [-0.2, -0.15) is 0 Å². The third-order valence-corrected chi connectivity index (χ3v) is 5.51. The number of carbonyl (C=O) groups excluding carboxylic acids is 1. The summed E-state index contributed by atoms with van der Waals surface area (Å²) in [4.78, 5) is 17.1. The maximum absolute atomic E-state index is 12.0. The Bertz CT molecular complexity index is 948. The van der Waals surface area contributed by atoms with Crippen LogP contribution < -0.4 is 11.5 Å². The van der Waals surface area contributed by atoms with Crippen molar-refractivity contribution >= 4 is 23.5 Å². The second-order valence-corrected chi connectivity index (χ2v) is 7.38. The Morgan fingerprint density at radius 3 is 2.90 bits per heavy atom. The van der Waals surface area contributed by atoms with Crippen molar-refractivity contribution in [1.29, 1.82) is 0 Å². The van der Waals surface area contributed by atoms with E-state index in [1.807, 2.05) is 13.0 Å². The van der Waals surface area contributed by atoms with Gasteiger partial charge in [-0.05, 0) is 49.6 Å². The molecule has 7 heteroatoms. The Morgan fingerprint density at radius 1 is 1.43 bits per heavy atom. The molecule has 1 aliphatic heterocycles. The Balaban J connectivity index is 1.97. The summed E-state index contributed by atoms with van der Waals surface area (Å²) in [5.74, 6) is 0.729. The number of carbonyl (C=O) groups is 1. The van der Waals surface area contributed by atoms with E-state index in [1.165, 1.54) is 6.08 Å². The van der Waals surface area contributed by atoms with Crippen LogP contribution in [0.1, 0.15) is 41.6 Å². The Labute approximate surface area is 177 Å². The van der Waals surface area contributed by atoms with Gasteiger partial charge in [0, 0.05) is 48.1 Å². The van der Waals surface area contributed by atoms with Crippen molar-refractivity contribution in [3.8, 4) is 5.75 Å². The van der Waals surface area contributed by atoms with Gasteiger partial charge in [0.25, 0.3) is 0 Å². The fraction of sp³-hybridized carbons (Fsp3) is 0.348. The highest BCUT2D eigenvalue weighted by atomic mass is 16.5. The van der Waals surface area contributed by atoms with Crippen LogP contribution in [0.3, 0.4) is 0 Å². The number of phenols is 1. The number of nitrogens with two attached hydrogens (primary N) is 2. The summed E-state index contributed by atoms with van der Waals surface area (Å²) >= 11 is 0. The number of anilines is 1. The minimum Gasteiger partial charge on any atom is -0.507 e. The molecule has 1 aliphatic rings. The van der Waals surface area contributed by atoms with Crippen LogP contribution in [0.25, 0.3) is 11.8 Å². The standard InChI is InChI=1S/C23H30N4O3/c1-3-21(29)27-11-9-15(14-27)22-16(10-12-30-4-2)18(23(25)26-22)13-19(24)17-7-5-6-8-20(17)28/h3,5-8,13,15,26,28H,1,4,9-12,14,24-25H2,2H3/b19-13-. The Kier molecular flexibility index (Phi) is 6.84. The molecule has 0 spiro atoms. The number of aromatic hydroxyl groups is 1. The van der Waals surface area contributed by atoms with Crippen LogP contribution in [-0.2, 0) is 16.0 Å². The zero-order valence-electron chi connectivity index (χ0n) is 17.4. The summed E-state index contributed by atoms with van der Waals surface area (Å²) < 4.78 is 5.58. The van der Waals surface area contributed by atoms with Gasteiger partial charge in [0.2, 0.25) is 5.91 Å². The molecule has 6 N–H and O–H groups in total. The van der Waals surface area contributed by atoms with Crippen molar-refractivity contribution in [1.82, 2.24) is 9.88 Å². The summed E-state index contributed by atoms with van der Waals surface area (Å²) in [5, 5.41) is 10.1. The topological polar surface area (TPSA) is 118 Å². The van der Waals surface area contributed by atoms with E-state index in [-0.39, 0.29) is 17.6 Å². The Morgan fingerprint density at radius 2 is 2.20 bits per heavy atom. The van der Waals surface area contributed by atoms with Crippen LogP contribution in [0, 0.1) is 0 Å². The predicted octanol–water partition coefficient (Wildman–Crippen LogP) is 2.84. The monoisotopic (exact) mass is 410 g/mol. The van der Waals surface area contributed by atoms with Crippen molar-refractivity contribution in [3.05, 3.63) is 59.3 Å². The number of likely N-dealkylation sites (tertiary alicyclic amines) is 1. The van der Waals surface area contributed by atoms with Gasteiger partial charge in [-0.3, -0.25) is 4.79 Å². The lowest BCUT2D eigenvalue weighted by molar-refractivity contribution is -0.125. The third kappa shape index (κ3) is 4.52. The zero-order chi connectivity index (χ0) is 21.7. The number of ether oxygens (including phenoxy) is 1. The third-order valence-electron chi connectivity index (χ3n) is 5.51. The number of amides is 1. The van der Waals surface area contributed by atoms with Crippen molar-refractivity contribution in [2.24, 2.45) is 5.73 Å². The highest BCUT2D eigenvalue weighted by Crippen LogP contribution is 2.35. The molecule has 0 aliphatic carbocycles. The molecule has 7 nitrogen and oxygen atoms in total. The molecule has 1 atom stereocenters. The molecule has 1 aromatic carbocycles. The summed E-state index contributed by atoms with van der Waals surface area (Å²) in [5.41, 5.74) is 16.5. The van der Waals surface area contributed by atoms with Crippen LogP contribution in [0.2, 0.25) is 0 Å². The minimum atomic E-state index is -0.0585. The van der Waals surface area contributed by atoms with Crippen molar-refractivity contribution in [3.63, 3.8) is 0 Å². The molecule has 3 rings (SSSR count). The van der Waals surface area contributed by atoms with E-state index >= 15 is 0 Å². The first-order chi connectivity index (χ1) is 14.5. The number of para-hydroxylation sites is 1. The average molecular weight is 411 g/mol. The number of aromatic amines is 1. The van der Waals surface area contributed by atoms with Gasteiger partial charge in [-0.1, -0.05) is 18.7 Å². The molecule has 0 bridgehead atoms. The molecule has 0 saturated carbocycles. The van der Waals surface area contributed by atoms with Crippen LogP contribution >= 0.6 is 0 Å². The smallest absolute Gasteiger partial charge is 0.245 e. The fourth-order valence-corrected chi connectivity index (χ4v) is 3.97. The van der Waals surface area contributed by atoms with Gasteiger partial charge in [0.1, 0.15) is 11.6 Å². The van der Waals surface area contributed by atoms with Crippen molar-refractivity contribution < 1.29 is 14.6 Å². The number of benzene rings is 1. The summed E-state index contributed by atoms with van der Waals surface area (Å²) in [6.45, 7) is 8.02. The molecule has 1 fully saturated rings. The van der Waals surface area contributed by atoms with E-state index in [0.29, 0.717) is 49.8 Å². The highest BCUT2D eigenvalue weighted by Gasteiger charge is 2.30. The van der Waals surface area contributed by atoms with Crippen LogP contribution in [-0.4, -0.2) is 47.2 Å². The van der Waals surface area contributed by atoms with Crippen LogP contribution in [0.5, 0.6) is 5.75 Å². The number of nitrogens with one attached hydrogen (secondary N) is 1. The van der Waals surface area contributed by atoms with E-state index in [1.54, 1.807) is 29.2 Å². The first kappa shape index (κ1) is 21.5. The van der Waals surface area contributed by atoms with Crippen molar-refractivity contribution in [2.45, 2.75) is 25.7 Å². The normalized spacial score (nSPS) is 16.8. The molecular weight excluding hydrogens is 380 g/mol. The molecule has 2 aromatic rings. The number of rotatable bonds is 8. The summed E-state index contributed by atoms with van der Waals surface area (Å²) in [6, 6.07) is 6.93. The number of hydrogen-bond donors (Lipinski definition) is 4. The van der Waals surface area contributed by atoms with Gasteiger partial charge in [-0.25, -0.2) is 0 Å². The molecular formula is C23H30N4O3. The summed E-state index contributed by atoms with van der Waals surface area (Å²) in [7, 11) is 0. The van der Waals surface area contributed by atoms with E-state index in [4.69, 9.17) is 16.2 Å². The first-order valence-corrected chi connectivity index (χ1v) is 10.2. The number of nitrogens with zero attached hydrogens (tertiary/aromatic N) is 1. The van der Waals surface area contributed by atoms with Crippen molar-refractivity contribution in [2.75, 3.05) is 32.0 Å². The zero-order valence-corrected chi connectivity index (χ0v) is 17.4. The average Bonchev–Trinajstić information content (AvgIpc) is 3.34. The highest BCUT2D eigenvalue weighted by molar-refractivity contribution is 5.87. The number of aromatic nitrogens is 1. The number of nitrogen functional groups attached to an aromatic ring is 1. The van der Waals surface area contributed by atoms with E-state index in [9.17, 15) is 9.90 Å². The van der Waals surface area contributed by atoms with E-state index < -0.39 is 0 Å². The second kappa shape index (κ2) is 9.54. The number of H-pyrrole nitrogens is 1. The molecule has 30 heavy (non-hydrogen) atoms. The van der Waals surface area contributed by atoms with Gasteiger partial charge in [0.15, 0.2) is 0 Å². The van der Waals surface area contributed by atoms with Crippen LogP contribution in [0.4, 0.5) is 5.82 Å². The maximum atomic E-state index is 12.0. The summed E-state index contributed by atoms with van der Waals surface area (Å²) in [6.07, 6.45) is 4.66. The quantitative estimate of drug-likeness (QED) is 0.394.